The highest BCUT2D eigenvalue weighted by molar-refractivity contribution is 5.57. The summed E-state index contributed by atoms with van der Waals surface area (Å²) in [7, 11) is 0. The molecule has 4 fully saturated rings. The quantitative estimate of drug-likeness (QED) is 0.339. The molecule has 0 aliphatic heterocycles. The van der Waals surface area contributed by atoms with Crippen LogP contribution >= 0.6 is 0 Å². The first-order valence-corrected chi connectivity index (χ1v) is 6.49. The molecule has 0 aromatic heterocycles. The minimum atomic E-state index is -7.87. The fourth-order valence-electron chi connectivity index (χ4n) is 4.11. The van der Waals surface area contributed by atoms with Gasteiger partial charge in [0.25, 0.3) is 5.54 Å². The Bertz CT molecular complexity index is 713. The lowest BCUT2D eigenvalue weighted by atomic mass is 9.39. The SMILES string of the molecule is O=C=NC12C(F)(F)C3(F)C(F)(F)C(F)(C(F)(F)C(F)(C3(F)F)C1(F)F)C2(F)F. The predicted octanol–water partition coefficient (Wildman–Crippen LogP) is 4.04. The summed E-state index contributed by atoms with van der Waals surface area (Å²) < 4.78 is 211. The summed E-state index contributed by atoms with van der Waals surface area (Å²) in [5, 5.41) is 0. The lowest BCUT2D eigenvalue weighted by Crippen LogP contribution is -3.09. The van der Waals surface area contributed by atoms with Crippen molar-refractivity contribution in [2.75, 3.05) is 0 Å². The first-order valence-electron chi connectivity index (χ1n) is 6.49. The van der Waals surface area contributed by atoms with E-state index in [-0.39, 0.29) is 0 Å². The first-order chi connectivity index (χ1) is 12.1. The minimum absolute atomic E-state index is 0.574. The molecule has 4 rings (SSSR count). The van der Waals surface area contributed by atoms with E-state index in [0.717, 1.165) is 4.99 Å². The summed E-state index contributed by atoms with van der Waals surface area (Å²) in [6.45, 7) is 0. The zero-order chi connectivity index (χ0) is 22.4. The highest BCUT2D eigenvalue weighted by Crippen LogP contribution is 2.88. The van der Waals surface area contributed by atoms with Crippen molar-refractivity contribution in [2.45, 2.75) is 58.1 Å². The third-order valence-corrected chi connectivity index (χ3v) is 5.47. The average molecular weight is 447 g/mol. The molecule has 0 aromatic carbocycles. The molecule has 4 bridgehead atoms. The van der Waals surface area contributed by atoms with E-state index in [4.69, 9.17) is 0 Å². The van der Waals surface area contributed by atoms with E-state index in [1.807, 2.05) is 0 Å². The Morgan fingerprint density at radius 2 is 0.643 bits per heavy atom. The van der Waals surface area contributed by atoms with Gasteiger partial charge in [-0.25, -0.2) is 18.0 Å². The topological polar surface area (TPSA) is 29.4 Å². The highest BCUT2D eigenvalue weighted by atomic mass is 19.3. The number of rotatable bonds is 1. The van der Waals surface area contributed by atoms with Crippen LogP contribution in [0.1, 0.15) is 0 Å². The Labute approximate surface area is 141 Å². The molecule has 0 amide bonds. The Hall–Kier alpha value is -1.67. The van der Waals surface area contributed by atoms with Crippen LogP contribution < -0.4 is 0 Å². The molecular formula is C11F15NO. The van der Waals surface area contributed by atoms with Crippen molar-refractivity contribution in [3.05, 3.63) is 0 Å². The maximum atomic E-state index is 14.4. The third kappa shape index (κ3) is 1.09. The first kappa shape index (κ1) is 21.0. The van der Waals surface area contributed by atoms with E-state index in [1.165, 1.54) is 0 Å². The number of hydrogen-bond acceptors (Lipinski definition) is 2. The molecule has 28 heavy (non-hydrogen) atoms. The van der Waals surface area contributed by atoms with Gasteiger partial charge in [-0.3, -0.25) is 0 Å². The molecule has 160 valence electrons. The summed E-state index contributed by atoms with van der Waals surface area (Å²) in [6, 6.07) is 0. The van der Waals surface area contributed by atoms with Crippen LogP contribution in [-0.4, -0.2) is 64.2 Å². The van der Waals surface area contributed by atoms with Gasteiger partial charge in [-0.1, -0.05) is 0 Å². The molecule has 4 saturated carbocycles. The molecule has 4 aliphatic carbocycles. The van der Waals surface area contributed by atoms with E-state index >= 15 is 0 Å². The van der Waals surface area contributed by atoms with Gasteiger partial charge < -0.3 is 0 Å². The average Bonchev–Trinajstić information content (AvgIpc) is 2.52. The van der Waals surface area contributed by atoms with Crippen LogP contribution in [0.5, 0.6) is 0 Å². The Kier molecular flexibility index (Phi) is 3.10. The molecule has 0 heterocycles. The molecule has 0 radical (unpaired) electrons. The maximum Gasteiger partial charge on any atom is 0.339 e. The molecule has 0 atom stereocenters. The molecule has 17 heteroatoms. The van der Waals surface area contributed by atoms with Crippen LogP contribution in [0.3, 0.4) is 0 Å². The van der Waals surface area contributed by atoms with Crippen LogP contribution in [0.4, 0.5) is 65.9 Å². The fourth-order valence-corrected chi connectivity index (χ4v) is 4.11. The van der Waals surface area contributed by atoms with E-state index < -0.39 is 64.2 Å². The van der Waals surface area contributed by atoms with Crippen LogP contribution in [0, 0.1) is 0 Å². The number of hydrogen-bond donors (Lipinski definition) is 0. The Morgan fingerprint density at radius 3 is 0.821 bits per heavy atom. The second-order valence-electron chi connectivity index (χ2n) is 6.34. The van der Waals surface area contributed by atoms with E-state index in [1.54, 1.807) is 0 Å². The number of halogens is 15. The van der Waals surface area contributed by atoms with Crippen molar-refractivity contribution in [1.29, 1.82) is 0 Å². The van der Waals surface area contributed by atoms with Crippen LogP contribution in [-0.2, 0) is 4.79 Å². The second-order valence-corrected chi connectivity index (χ2v) is 6.34. The highest BCUT2D eigenvalue weighted by Gasteiger charge is 3.23. The Balaban J connectivity index is 2.78. The molecule has 4 aliphatic rings. The van der Waals surface area contributed by atoms with Crippen LogP contribution in [0.25, 0.3) is 0 Å². The monoisotopic (exact) mass is 447 g/mol. The molecule has 0 N–H and O–H groups in total. The van der Waals surface area contributed by atoms with Gasteiger partial charge in [0.15, 0.2) is 0 Å². The zero-order valence-electron chi connectivity index (χ0n) is 12.0. The number of carbonyl (C=O) groups excluding carboxylic acids is 1. The van der Waals surface area contributed by atoms with Crippen molar-refractivity contribution in [3.8, 4) is 0 Å². The van der Waals surface area contributed by atoms with Crippen molar-refractivity contribution in [3.63, 3.8) is 0 Å². The van der Waals surface area contributed by atoms with Gasteiger partial charge in [-0.2, -0.15) is 57.7 Å². The molecule has 0 unspecified atom stereocenters. The number of nitrogens with zero attached hydrogens (tertiary/aromatic N) is 1. The number of alkyl halides is 15. The largest absolute Gasteiger partial charge is 0.339 e. The van der Waals surface area contributed by atoms with Crippen molar-refractivity contribution in [1.82, 2.24) is 0 Å². The third-order valence-electron chi connectivity index (χ3n) is 5.47. The lowest BCUT2D eigenvalue weighted by molar-refractivity contribution is -0.591. The van der Waals surface area contributed by atoms with Gasteiger partial charge in [0.2, 0.25) is 6.08 Å². The molecular weight excluding hydrogens is 447 g/mol. The van der Waals surface area contributed by atoms with Crippen molar-refractivity contribution in [2.24, 2.45) is 4.99 Å². The van der Waals surface area contributed by atoms with Crippen LogP contribution in [0.2, 0.25) is 0 Å². The van der Waals surface area contributed by atoms with Gasteiger partial charge in [-0.15, -0.1) is 0 Å². The minimum Gasteiger partial charge on any atom is -0.223 e. The smallest absolute Gasteiger partial charge is 0.223 e. The molecule has 0 aromatic rings. The number of isocyanates is 1. The normalized spacial score (nSPS) is 50.1. The summed E-state index contributed by atoms with van der Waals surface area (Å²) in [6.07, 6.45) is -0.574. The van der Waals surface area contributed by atoms with Crippen LogP contribution in [0.15, 0.2) is 4.99 Å². The van der Waals surface area contributed by atoms with Gasteiger partial charge >= 0.3 is 52.5 Å². The zero-order valence-corrected chi connectivity index (χ0v) is 12.0. The van der Waals surface area contributed by atoms with Gasteiger partial charge in [0.05, 0.1) is 0 Å². The van der Waals surface area contributed by atoms with Gasteiger partial charge in [0.1, 0.15) is 0 Å². The van der Waals surface area contributed by atoms with E-state index in [0.29, 0.717) is 0 Å². The predicted molar refractivity (Wildman–Crippen MR) is 52.1 cm³/mol. The van der Waals surface area contributed by atoms with Crippen molar-refractivity contribution < 1.29 is 70.7 Å². The molecule has 2 nitrogen and oxygen atoms in total. The maximum absolute atomic E-state index is 14.4. The standard InChI is InChI=1S/C11F15NO/c12-2-6(15,16)3(13)8(19,20)4(14,7(2,17)18)11(25,26)5(27-1-28,9(2,21)22)10(3,23)24. The van der Waals surface area contributed by atoms with Crippen molar-refractivity contribution >= 4 is 6.08 Å². The van der Waals surface area contributed by atoms with Gasteiger partial charge in [0, 0.05) is 0 Å². The summed E-state index contributed by atoms with van der Waals surface area (Å²) in [5.41, 5.74) is -30.2. The Morgan fingerprint density at radius 1 is 0.429 bits per heavy atom. The van der Waals surface area contributed by atoms with E-state index in [2.05, 4.69) is 0 Å². The van der Waals surface area contributed by atoms with E-state index in [9.17, 15) is 70.7 Å². The summed E-state index contributed by atoms with van der Waals surface area (Å²) in [4.78, 5) is 11.1. The van der Waals surface area contributed by atoms with Gasteiger partial charge in [-0.05, 0) is 0 Å². The summed E-state index contributed by atoms with van der Waals surface area (Å²) >= 11 is 0. The number of aliphatic imine (C=N–C) groups is 1. The summed E-state index contributed by atoms with van der Waals surface area (Å²) in [5.74, 6) is -46.6. The fraction of sp³-hybridized carbons (Fsp3) is 0.909. The second kappa shape index (κ2) is 4.12. The molecule has 0 spiro atoms. The molecule has 0 saturated heterocycles. The lowest BCUT2D eigenvalue weighted by Gasteiger charge is -2.73.